The summed E-state index contributed by atoms with van der Waals surface area (Å²) in [6.45, 7) is 3.73. The molecular formula is C17H16Cl3N3O. The Morgan fingerprint density at radius 3 is 2.46 bits per heavy atom. The van der Waals surface area contributed by atoms with Crippen LogP contribution in [0.3, 0.4) is 0 Å². The Labute approximate surface area is 155 Å². The van der Waals surface area contributed by atoms with Gasteiger partial charge in [-0.3, -0.25) is 9.69 Å². The van der Waals surface area contributed by atoms with Crippen LogP contribution in [0.4, 0.5) is 0 Å². The van der Waals surface area contributed by atoms with Gasteiger partial charge in [0.1, 0.15) is 5.15 Å². The molecule has 0 saturated carbocycles. The van der Waals surface area contributed by atoms with Gasteiger partial charge in [0.05, 0.1) is 10.6 Å². The molecule has 0 N–H and O–H groups in total. The summed E-state index contributed by atoms with van der Waals surface area (Å²) in [5.41, 5.74) is 1.62. The van der Waals surface area contributed by atoms with Gasteiger partial charge in [0, 0.05) is 43.9 Å². The average molecular weight is 385 g/mol. The van der Waals surface area contributed by atoms with Gasteiger partial charge >= 0.3 is 0 Å². The van der Waals surface area contributed by atoms with E-state index in [-0.39, 0.29) is 5.91 Å². The minimum Gasteiger partial charge on any atom is -0.336 e. The lowest BCUT2D eigenvalue weighted by atomic mass is 10.1. The van der Waals surface area contributed by atoms with E-state index in [1.165, 1.54) is 0 Å². The molecule has 24 heavy (non-hydrogen) atoms. The largest absolute Gasteiger partial charge is 0.336 e. The van der Waals surface area contributed by atoms with E-state index in [4.69, 9.17) is 34.8 Å². The van der Waals surface area contributed by atoms with E-state index < -0.39 is 0 Å². The summed E-state index contributed by atoms with van der Waals surface area (Å²) in [7, 11) is 0. The molecule has 1 fully saturated rings. The van der Waals surface area contributed by atoms with Crippen molar-refractivity contribution in [3.63, 3.8) is 0 Å². The molecule has 1 amide bonds. The van der Waals surface area contributed by atoms with Crippen LogP contribution in [0.1, 0.15) is 15.9 Å². The molecule has 4 nitrogen and oxygen atoms in total. The first kappa shape index (κ1) is 17.5. The number of halogens is 3. The number of hydrogen-bond donors (Lipinski definition) is 0. The van der Waals surface area contributed by atoms with Crippen molar-refractivity contribution in [2.45, 2.75) is 6.54 Å². The number of piperazine rings is 1. The SMILES string of the molecule is O=C(c1ccc(Cl)cc1Cl)N1CCN(Cc2ccnc(Cl)c2)CC1. The van der Waals surface area contributed by atoms with Gasteiger partial charge in [-0.05, 0) is 35.9 Å². The zero-order chi connectivity index (χ0) is 17.1. The fraction of sp³-hybridized carbons (Fsp3) is 0.294. The molecule has 1 saturated heterocycles. The van der Waals surface area contributed by atoms with E-state index in [9.17, 15) is 4.79 Å². The van der Waals surface area contributed by atoms with E-state index in [2.05, 4.69) is 9.88 Å². The van der Waals surface area contributed by atoms with Crippen molar-refractivity contribution in [2.24, 2.45) is 0 Å². The summed E-state index contributed by atoms with van der Waals surface area (Å²) in [5.74, 6) is -0.0525. The number of rotatable bonds is 3. The molecule has 0 radical (unpaired) electrons. The number of hydrogen-bond acceptors (Lipinski definition) is 3. The highest BCUT2D eigenvalue weighted by atomic mass is 35.5. The van der Waals surface area contributed by atoms with Gasteiger partial charge in [-0.2, -0.15) is 0 Å². The van der Waals surface area contributed by atoms with Gasteiger partial charge in [-0.25, -0.2) is 4.98 Å². The van der Waals surface area contributed by atoms with Crippen LogP contribution in [0.25, 0.3) is 0 Å². The fourth-order valence-corrected chi connectivity index (χ4v) is 3.43. The molecule has 1 aromatic carbocycles. The van der Waals surface area contributed by atoms with E-state index in [0.29, 0.717) is 33.9 Å². The Hall–Kier alpha value is -1.33. The van der Waals surface area contributed by atoms with Crippen molar-refractivity contribution in [3.05, 3.63) is 62.9 Å². The van der Waals surface area contributed by atoms with Crippen molar-refractivity contribution in [3.8, 4) is 0 Å². The molecule has 1 aromatic heterocycles. The number of pyridine rings is 1. The lowest BCUT2D eigenvalue weighted by molar-refractivity contribution is 0.0628. The first-order chi connectivity index (χ1) is 11.5. The lowest BCUT2D eigenvalue weighted by Gasteiger charge is -2.35. The van der Waals surface area contributed by atoms with Crippen LogP contribution in [0, 0.1) is 0 Å². The van der Waals surface area contributed by atoms with Crippen LogP contribution in [0.15, 0.2) is 36.5 Å². The van der Waals surface area contributed by atoms with Crippen LogP contribution in [0.5, 0.6) is 0 Å². The smallest absolute Gasteiger partial charge is 0.255 e. The number of carbonyl (C=O) groups is 1. The maximum Gasteiger partial charge on any atom is 0.255 e. The normalized spacial score (nSPS) is 15.5. The van der Waals surface area contributed by atoms with Crippen LogP contribution >= 0.6 is 34.8 Å². The molecule has 7 heteroatoms. The van der Waals surface area contributed by atoms with E-state index >= 15 is 0 Å². The number of nitrogens with zero attached hydrogens (tertiary/aromatic N) is 3. The Balaban J connectivity index is 1.59. The third-order valence-corrected chi connectivity index (χ3v) is 4.77. The van der Waals surface area contributed by atoms with Gasteiger partial charge in [0.25, 0.3) is 5.91 Å². The number of amides is 1. The summed E-state index contributed by atoms with van der Waals surface area (Å²) >= 11 is 17.9. The van der Waals surface area contributed by atoms with E-state index in [1.807, 2.05) is 17.0 Å². The minimum atomic E-state index is -0.0525. The predicted molar refractivity (Wildman–Crippen MR) is 96.9 cm³/mol. The van der Waals surface area contributed by atoms with Gasteiger partial charge in [-0.1, -0.05) is 34.8 Å². The summed E-state index contributed by atoms with van der Waals surface area (Å²) in [4.78, 5) is 20.7. The summed E-state index contributed by atoms with van der Waals surface area (Å²) in [6, 6.07) is 8.78. The van der Waals surface area contributed by atoms with Crippen LogP contribution in [0.2, 0.25) is 15.2 Å². The third-order valence-electron chi connectivity index (χ3n) is 4.02. The molecule has 0 aliphatic carbocycles. The first-order valence-corrected chi connectivity index (χ1v) is 8.73. The van der Waals surface area contributed by atoms with Gasteiger partial charge in [-0.15, -0.1) is 0 Å². The Bertz CT molecular complexity index is 746. The minimum absolute atomic E-state index is 0.0525. The summed E-state index contributed by atoms with van der Waals surface area (Å²) < 4.78 is 0. The Morgan fingerprint density at radius 2 is 1.79 bits per heavy atom. The third kappa shape index (κ3) is 4.19. The number of aromatic nitrogens is 1. The summed E-state index contributed by atoms with van der Waals surface area (Å²) in [6.07, 6.45) is 1.71. The van der Waals surface area contributed by atoms with Crippen molar-refractivity contribution >= 4 is 40.7 Å². The van der Waals surface area contributed by atoms with Crippen LogP contribution < -0.4 is 0 Å². The van der Waals surface area contributed by atoms with Crippen molar-refractivity contribution in [1.82, 2.24) is 14.8 Å². The topological polar surface area (TPSA) is 36.4 Å². The average Bonchev–Trinajstić information content (AvgIpc) is 2.55. The van der Waals surface area contributed by atoms with Crippen molar-refractivity contribution in [1.29, 1.82) is 0 Å². The Kier molecular flexibility index (Phi) is 5.61. The monoisotopic (exact) mass is 383 g/mol. The maximum absolute atomic E-state index is 12.6. The molecule has 0 bridgehead atoms. The van der Waals surface area contributed by atoms with Crippen LogP contribution in [-0.4, -0.2) is 46.9 Å². The quantitative estimate of drug-likeness (QED) is 0.751. The molecule has 1 aliphatic rings. The predicted octanol–water partition coefficient (Wildman–Crippen LogP) is 4.00. The first-order valence-electron chi connectivity index (χ1n) is 7.60. The maximum atomic E-state index is 12.6. The second-order valence-corrected chi connectivity index (χ2v) is 6.91. The van der Waals surface area contributed by atoms with Gasteiger partial charge in [0.2, 0.25) is 0 Å². The van der Waals surface area contributed by atoms with E-state index in [0.717, 1.165) is 25.2 Å². The fourth-order valence-electron chi connectivity index (χ4n) is 2.74. The van der Waals surface area contributed by atoms with Crippen molar-refractivity contribution < 1.29 is 4.79 Å². The Morgan fingerprint density at radius 1 is 1.04 bits per heavy atom. The second-order valence-electron chi connectivity index (χ2n) is 5.68. The zero-order valence-corrected chi connectivity index (χ0v) is 15.2. The summed E-state index contributed by atoms with van der Waals surface area (Å²) in [5, 5.41) is 1.41. The zero-order valence-electron chi connectivity index (χ0n) is 12.9. The highest BCUT2D eigenvalue weighted by Crippen LogP contribution is 2.23. The molecule has 3 rings (SSSR count). The second kappa shape index (κ2) is 7.70. The number of benzene rings is 1. The van der Waals surface area contributed by atoms with Crippen molar-refractivity contribution in [2.75, 3.05) is 26.2 Å². The molecule has 0 spiro atoms. The molecular weight excluding hydrogens is 369 g/mol. The van der Waals surface area contributed by atoms with Crippen LogP contribution in [-0.2, 0) is 6.54 Å². The van der Waals surface area contributed by atoms with Gasteiger partial charge < -0.3 is 4.90 Å². The highest BCUT2D eigenvalue weighted by molar-refractivity contribution is 6.36. The van der Waals surface area contributed by atoms with Gasteiger partial charge in [0.15, 0.2) is 0 Å². The standard InChI is InChI=1S/C17H16Cl3N3O/c18-13-1-2-14(15(19)10-13)17(24)23-7-5-22(6-8-23)11-12-3-4-21-16(20)9-12/h1-4,9-10H,5-8,11H2. The molecule has 0 unspecified atom stereocenters. The molecule has 0 atom stereocenters. The molecule has 2 aromatic rings. The lowest BCUT2D eigenvalue weighted by Crippen LogP contribution is -2.48. The van der Waals surface area contributed by atoms with E-state index in [1.54, 1.807) is 24.4 Å². The molecule has 2 heterocycles. The molecule has 126 valence electrons. The highest BCUT2D eigenvalue weighted by Gasteiger charge is 2.23. The number of carbonyl (C=O) groups excluding carboxylic acids is 1. The molecule has 1 aliphatic heterocycles.